The SMILES string of the molecule is Nc1cc(F)cc(C(=O)c2cc(Cl)cc3c2OCC3)c1F. The van der Waals surface area contributed by atoms with Crippen molar-refractivity contribution in [3.8, 4) is 5.75 Å². The van der Waals surface area contributed by atoms with E-state index in [4.69, 9.17) is 22.1 Å². The predicted octanol–water partition coefficient (Wildman–Crippen LogP) is 3.37. The maximum absolute atomic E-state index is 14.0. The molecule has 21 heavy (non-hydrogen) atoms. The number of carbonyl (C=O) groups is 1. The van der Waals surface area contributed by atoms with E-state index in [1.54, 1.807) is 6.07 Å². The number of hydrogen-bond acceptors (Lipinski definition) is 3. The number of hydrogen-bond donors (Lipinski definition) is 1. The van der Waals surface area contributed by atoms with Gasteiger partial charge in [-0.2, -0.15) is 0 Å². The molecule has 0 saturated carbocycles. The van der Waals surface area contributed by atoms with Crippen LogP contribution >= 0.6 is 11.6 Å². The zero-order chi connectivity index (χ0) is 15.1. The Labute approximate surface area is 124 Å². The fraction of sp³-hybridized carbons (Fsp3) is 0.133. The average Bonchev–Trinajstić information content (AvgIpc) is 2.89. The second kappa shape index (κ2) is 5.00. The van der Waals surface area contributed by atoms with E-state index in [0.717, 1.165) is 17.7 Å². The number of nitrogen functional groups attached to an aromatic ring is 1. The first kappa shape index (κ1) is 13.8. The van der Waals surface area contributed by atoms with Crippen LogP contribution in [0.4, 0.5) is 14.5 Å². The molecule has 3 nitrogen and oxygen atoms in total. The van der Waals surface area contributed by atoms with E-state index in [9.17, 15) is 13.6 Å². The van der Waals surface area contributed by atoms with E-state index in [2.05, 4.69) is 0 Å². The van der Waals surface area contributed by atoms with Crippen molar-refractivity contribution in [1.29, 1.82) is 0 Å². The molecule has 108 valence electrons. The number of fused-ring (bicyclic) bond motifs is 1. The third-order valence-corrected chi connectivity index (χ3v) is 3.52. The van der Waals surface area contributed by atoms with Gasteiger partial charge >= 0.3 is 0 Å². The van der Waals surface area contributed by atoms with Crippen LogP contribution in [0.25, 0.3) is 0 Å². The molecule has 0 unspecified atom stereocenters. The molecule has 0 spiro atoms. The van der Waals surface area contributed by atoms with E-state index in [0.29, 0.717) is 23.8 Å². The summed E-state index contributed by atoms with van der Waals surface area (Å²) in [4.78, 5) is 12.5. The summed E-state index contributed by atoms with van der Waals surface area (Å²) in [6.07, 6.45) is 0.615. The zero-order valence-corrected chi connectivity index (χ0v) is 11.5. The van der Waals surface area contributed by atoms with Crippen LogP contribution in [-0.4, -0.2) is 12.4 Å². The quantitative estimate of drug-likeness (QED) is 0.683. The number of ether oxygens (including phenoxy) is 1. The van der Waals surface area contributed by atoms with Crippen LogP contribution in [0, 0.1) is 11.6 Å². The van der Waals surface area contributed by atoms with E-state index in [1.807, 2.05) is 0 Å². The van der Waals surface area contributed by atoms with Crippen molar-refractivity contribution in [2.75, 3.05) is 12.3 Å². The standard InChI is InChI=1S/C15H10ClF2NO2/c16-8-3-7-1-2-21-15(7)11(4-8)14(20)10-5-9(17)6-12(19)13(10)18/h3-6H,1-2,19H2. The lowest BCUT2D eigenvalue weighted by atomic mass is 9.98. The molecule has 0 atom stereocenters. The van der Waals surface area contributed by atoms with Crippen LogP contribution in [0.15, 0.2) is 24.3 Å². The van der Waals surface area contributed by atoms with Gasteiger partial charge in [0.2, 0.25) is 0 Å². The molecule has 0 fully saturated rings. The Bertz CT molecular complexity index is 762. The molecular formula is C15H10ClF2NO2. The Morgan fingerprint density at radius 3 is 2.71 bits per heavy atom. The highest BCUT2D eigenvalue weighted by molar-refractivity contribution is 6.31. The van der Waals surface area contributed by atoms with Gasteiger partial charge in [-0.3, -0.25) is 4.79 Å². The molecular weight excluding hydrogens is 300 g/mol. The minimum atomic E-state index is -0.951. The minimum absolute atomic E-state index is 0.110. The number of benzene rings is 2. The van der Waals surface area contributed by atoms with Gasteiger partial charge in [-0.15, -0.1) is 0 Å². The van der Waals surface area contributed by atoms with Crippen molar-refractivity contribution >= 4 is 23.1 Å². The molecule has 1 heterocycles. The molecule has 2 aromatic rings. The van der Waals surface area contributed by atoms with Gasteiger partial charge in [-0.25, -0.2) is 8.78 Å². The smallest absolute Gasteiger partial charge is 0.199 e. The summed E-state index contributed by atoms with van der Waals surface area (Å²) >= 11 is 5.96. The van der Waals surface area contributed by atoms with Gasteiger partial charge in [0.1, 0.15) is 11.6 Å². The number of carbonyl (C=O) groups excluding carboxylic acids is 1. The molecule has 6 heteroatoms. The largest absolute Gasteiger partial charge is 0.492 e. The highest BCUT2D eigenvalue weighted by atomic mass is 35.5. The number of ketones is 1. The summed E-state index contributed by atoms with van der Waals surface area (Å²) in [5.74, 6) is -2.07. The molecule has 0 aliphatic carbocycles. The molecule has 0 radical (unpaired) electrons. The van der Waals surface area contributed by atoms with Crippen molar-refractivity contribution in [2.45, 2.75) is 6.42 Å². The third kappa shape index (κ3) is 2.34. The summed E-state index contributed by atoms with van der Waals surface area (Å²) in [7, 11) is 0. The van der Waals surface area contributed by atoms with Gasteiger partial charge in [-0.05, 0) is 29.8 Å². The van der Waals surface area contributed by atoms with Gasteiger partial charge in [-0.1, -0.05) is 11.6 Å². The first-order valence-corrected chi connectivity index (χ1v) is 6.59. The minimum Gasteiger partial charge on any atom is -0.492 e. The summed E-state index contributed by atoms with van der Waals surface area (Å²) < 4.78 is 32.8. The molecule has 0 amide bonds. The van der Waals surface area contributed by atoms with Crippen molar-refractivity contribution < 1.29 is 18.3 Å². The predicted molar refractivity (Wildman–Crippen MR) is 74.9 cm³/mol. The molecule has 1 aliphatic rings. The number of halogens is 3. The summed E-state index contributed by atoms with van der Waals surface area (Å²) in [5.41, 5.74) is 5.38. The van der Waals surface area contributed by atoms with E-state index < -0.39 is 28.7 Å². The van der Waals surface area contributed by atoms with Crippen LogP contribution in [0.3, 0.4) is 0 Å². The highest BCUT2D eigenvalue weighted by Gasteiger charge is 2.25. The Morgan fingerprint density at radius 1 is 1.19 bits per heavy atom. The maximum Gasteiger partial charge on any atom is 0.199 e. The molecule has 0 aromatic heterocycles. The first-order chi connectivity index (χ1) is 9.97. The maximum atomic E-state index is 14.0. The third-order valence-electron chi connectivity index (χ3n) is 3.30. The van der Waals surface area contributed by atoms with Gasteiger partial charge < -0.3 is 10.5 Å². The van der Waals surface area contributed by atoms with Crippen molar-refractivity contribution in [3.63, 3.8) is 0 Å². The summed E-state index contributed by atoms with van der Waals surface area (Å²) in [6, 6.07) is 4.72. The van der Waals surface area contributed by atoms with Crippen LogP contribution in [0.1, 0.15) is 21.5 Å². The average molecular weight is 310 g/mol. The van der Waals surface area contributed by atoms with Crippen LogP contribution in [0.2, 0.25) is 5.02 Å². The van der Waals surface area contributed by atoms with Crippen LogP contribution in [-0.2, 0) is 6.42 Å². The molecule has 1 aliphatic heterocycles. The Balaban J connectivity index is 2.16. The monoisotopic (exact) mass is 309 g/mol. The normalized spacial score (nSPS) is 12.9. The fourth-order valence-electron chi connectivity index (χ4n) is 2.36. The Hall–Kier alpha value is -2.14. The topological polar surface area (TPSA) is 52.3 Å². The Kier molecular flexibility index (Phi) is 3.29. The van der Waals surface area contributed by atoms with E-state index in [1.165, 1.54) is 6.07 Å². The van der Waals surface area contributed by atoms with E-state index >= 15 is 0 Å². The second-order valence-electron chi connectivity index (χ2n) is 4.73. The van der Waals surface area contributed by atoms with Crippen molar-refractivity contribution in [1.82, 2.24) is 0 Å². The molecule has 0 saturated heterocycles. The van der Waals surface area contributed by atoms with Crippen LogP contribution < -0.4 is 10.5 Å². The summed E-state index contributed by atoms with van der Waals surface area (Å²) in [6.45, 7) is 0.420. The lowest BCUT2D eigenvalue weighted by Crippen LogP contribution is -2.09. The molecule has 0 bridgehead atoms. The van der Waals surface area contributed by atoms with Gasteiger partial charge in [0.25, 0.3) is 0 Å². The second-order valence-corrected chi connectivity index (χ2v) is 5.16. The lowest BCUT2D eigenvalue weighted by Gasteiger charge is -2.10. The number of anilines is 1. The van der Waals surface area contributed by atoms with Gasteiger partial charge in [0.05, 0.1) is 23.4 Å². The van der Waals surface area contributed by atoms with Gasteiger partial charge in [0.15, 0.2) is 11.6 Å². The first-order valence-electron chi connectivity index (χ1n) is 6.22. The fourth-order valence-corrected chi connectivity index (χ4v) is 2.60. The zero-order valence-electron chi connectivity index (χ0n) is 10.8. The lowest BCUT2D eigenvalue weighted by molar-refractivity contribution is 0.103. The molecule has 2 N–H and O–H groups in total. The highest BCUT2D eigenvalue weighted by Crippen LogP contribution is 2.35. The van der Waals surface area contributed by atoms with Gasteiger partial charge in [0, 0.05) is 11.4 Å². The van der Waals surface area contributed by atoms with Crippen LogP contribution in [0.5, 0.6) is 5.75 Å². The number of nitrogens with two attached hydrogens (primary N) is 1. The van der Waals surface area contributed by atoms with Crippen molar-refractivity contribution in [2.24, 2.45) is 0 Å². The molecule has 3 rings (SSSR count). The number of rotatable bonds is 2. The Morgan fingerprint density at radius 2 is 1.95 bits per heavy atom. The summed E-state index contributed by atoms with van der Waals surface area (Å²) in [5, 5.41) is 0.340. The molecule has 2 aromatic carbocycles. The van der Waals surface area contributed by atoms with Crippen molar-refractivity contribution in [3.05, 3.63) is 57.6 Å². The van der Waals surface area contributed by atoms with E-state index in [-0.39, 0.29) is 5.56 Å².